The van der Waals surface area contributed by atoms with E-state index in [0.717, 1.165) is 6.29 Å². The van der Waals surface area contributed by atoms with Gasteiger partial charge in [-0.25, -0.2) is 0 Å². The van der Waals surface area contributed by atoms with E-state index in [4.69, 9.17) is 0 Å². The first-order valence-corrected chi connectivity index (χ1v) is 5.28. The van der Waals surface area contributed by atoms with E-state index < -0.39 is 10.8 Å². The predicted octanol–water partition coefficient (Wildman–Crippen LogP) is 2.51. The van der Waals surface area contributed by atoms with Gasteiger partial charge in [0.1, 0.15) is 6.29 Å². The minimum Gasteiger partial charge on any atom is -0.302 e. The van der Waals surface area contributed by atoms with E-state index in [-0.39, 0.29) is 5.78 Å². The zero-order chi connectivity index (χ0) is 10.3. The number of halogens is 1. The van der Waals surface area contributed by atoms with Crippen LogP contribution in [0.4, 0.5) is 0 Å². The van der Waals surface area contributed by atoms with Gasteiger partial charge in [-0.3, -0.25) is 4.79 Å². The van der Waals surface area contributed by atoms with Gasteiger partial charge in [0.05, 0.1) is 3.58 Å². The first-order chi connectivity index (χ1) is 5.81. The maximum absolute atomic E-state index is 11.7. The van der Waals surface area contributed by atoms with Crippen molar-refractivity contribution in [2.45, 2.75) is 27.2 Å². The molecule has 1 atom stereocenters. The maximum atomic E-state index is 11.7. The lowest BCUT2D eigenvalue weighted by Gasteiger charge is -2.35. The van der Waals surface area contributed by atoms with Crippen LogP contribution >= 0.6 is 22.6 Å². The van der Waals surface area contributed by atoms with Crippen molar-refractivity contribution in [3.8, 4) is 0 Å². The summed E-state index contributed by atoms with van der Waals surface area (Å²) in [5.41, 5.74) is -0.866. The number of aldehydes is 1. The number of ketones is 1. The third-order valence-corrected chi connectivity index (χ3v) is 3.18. The van der Waals surface area contributed by atoms with E-state index in [1.807, 2.05) is 43.4 Å². The van der Waals surface area contributed by atoms with E-state index in [1.54, 1.807) is 6.08 Å². The number of rotatable bonds is 1. The van der Waals surface area contributed by atoms with Crippen LogP contribution in [-0.2, 0) is 9.59 Å². The molecule has 2 nitrogen and oxygen atoms in total. The second-order valence-corrected chi connectivity index (χ2v) is 5.67. The van der Waals surface area contributed by atoms with E-state index in [2.05, 4.69) is 0 Å². The summed E-state index contributed by atoms with van der Waals surface area (Å²) < 4.78 is 0.684. The van der Waals surface area contributed by atoms with Crippen molar-refractivity contribution < 1.29 is 9.59 Å². The van der Waals surface area contributed by atoms with Crippen LogP contribution in [0, 0.1) is 10.8 Å². The van der Waals surface area contributed by atoms with Crippen LogP contribution in [0.5, 0.6) is 0 Å². The average Bonchev–Trinajstić information content (AvgIpc) is 2.00. The zero-order valence-corrected chi connectivity index (χ0v) is 10.2. The third kappa shape index (κ3) is 2.00. The van der Waals surface area contributed by atoms with E-state index in [9.17, 15) is 9.59 Å². The lowest BCUT2D eigenvalue weighted by atomic mass is 9.68. The number of carbonyl (C=O) groups is 2. The van der Waals surface area contributed by atoms with Crippen LogP contribution in [0.15, 0.2) is 9.66 Å². The molecule has 0 aromatic heterocycles. The number of allylic oxidation sites excluding steroid dienone is 2. The fraction of sp³-hybridized carbons (Fsp3) is 0.600. The monoisotopic (exact) mass is 292 g/mol. The average molecular weight is 292 g/mol. The highest BCUT2D eigenvalue weighted by atomic mass is 127. The first-order valence-electron chi connectivity index (χ1n) is 4.20. The quantitative estimate of drug-likeness (QED) is 0.549. The molecule has 0 aliphatic heterocycles. The molecule has 1 unspecified atom stereocenters. The van der Waals surface area contributed by atoms with Gasteiger partial charge in [0, 0.05) is 10.8 Å². The third-order valence-electron chi connectivity index (χ3n) is 2.38. The number of hydrogen-bond donors (Lipinski definition) is 0. The Kier molecular flexibility index (Phi) is 2.67. The highest BCUT2D eigenvalue weighted by molar-refractivity contribution is 14.1. The first kappa shape index (κ1) is 10.9. The summed E-state index contributed by atoms with van der Waals surface area (Å²) in [5.74, 6) is 0.146. The second-order valence-electron chi connectivity index (χ2n) is 4.51. The molecule has 0 spiro atoms. The molecular formula is C10H13IO2. The maximum Gasteiger partial charge on any atom is 0.174 e. The summed E-state index contributed by atoms with van der Waals surface area (Å²) >= 11 is 2.01. The topological polar surface area (TPSA) is 34.1 Å². The molecule has 0 aromatic rings. The van der Waals surface area contributed by atoms with Crippen LogP contribution in [0.25, 0.3) is 0 Å². The zero-order valence-electron chi connectivity index (χ0n) is 8.06. The van der Waals surface area contributed by atoms with Crippen LogP contribution < -0.4 is 0 Å². The molecule has 0 heterocycles. The van der Waals surface area contributed by atoms with Gasteiger partial charge >= 0.3 is 0 Å². The molecule has 0 aromatic carbocycles. The fourth-order valence-corrected chi connectivity index (χ4v) is 3.28. The molecule has 0 radical (unpaired) electrons. The van der Waals surface area contributed by atoms with Crippen molar-refractivity contribution in [1.29, 1.82) is 0 Å². The Hall–Kier alpha value is -0.190. The number of Topliss-reactive ketones (excluding diaryl/α,β-unsaturated/α-hetero) is 1. The van der Waals surface area contributed by atoms with Crippen LogP contribution in [0.3, 0.4) is 0 Å². The summed E-state index contributed by atoms with van der Waals surface area (Å²) in [4.78, 5) is 22.5. The van der Waals surface area contributed by atoms with Crippen molar-refractivity contribution in [1.82, 2.24) is 0 Å². The highest BCUT2D eigenvalue weighted by Crippen LogP contribution is 2.42. The summed E-state index contributed by atoms with van der Waals surface area (Å²) in [6.07, 6.45) is 3.31. The Bertz CT molecular complexity index is 291. The van der Waals surface area contributed by atoms with Crippen molar-refractivity contribution in [2.24, 2.45) is 10.8 Å². The second kappa shape index (κ2) is 3.19. The van der Waals surface area contributed by atoms with E-state index >= 15 is 0 Å². The molecule has 1 aliphatic rings. The SMILES string of the molecule is CC1(C=O)C=C(I)C(=O)C(C)(C)C1. The van der Waals surface area contributed by atoms with Crippen LogP contribution in [0.2, 0.25) is 0 Å². The molecule has 0 saturated heterocycles. The van der Waals surface area contributed by atoms with Gasteiger partial charge in [-0.15, -0.1) is 0 Å². The van der Waals surface area contributed by atoms with Gasteiger partial charge in [0.2, 0.25) is 0 Å². The number of carbonyl (C=O) groups excluding carboxylic acids is 2. The minimum absolute atomic E-state index is 0.146. The van der Waals surface area contributed by atoms with E-state index in [0.29, 0.717) is 10.0 Å². The Morgan fingerprint density at radius 3 is 2.38 bits per heavy atom. The molecular weight excluding hydrogens is 279 g/mol. The summed E-state index contributed by atoms with van der Waals surface area (Å²) in [6.45, 7) is 5.65. The fourth-order valence-electron chi connectivity index (χ4n) is 1.84. The Morgan fingerprint density at radius 1 is 1.46 bits per heavy atom. The molecule has 1 rings (SSSR count). The standard InChI is InChI=1S/C10H13IO2/c1-9(2)5-10(3,6-12)4-7(11)8(9)13/h4,6H,5H2,1-3H3. The molecule has 0 amide bonds. The van der Waals surface area contributed by atoms with Crippen molar-refractivity contribution in [3.05, 3.63) is 9.66 Å². The Labute approximate surface area is 91.9 Å². The molecule has 3 heteroatoms. The lowest BCUT2D eigenvalue weighted by molar-refractivity contribution is -0.126. The van der Waals surface area contributed by atoms with Gasteiger partial charge in [0.25, 0.3) is 0 Å². The van der Waals surface area contributed by atoms with Gasteiger partial charge in [-0.1, -0.05) is 19.9 Å². The molecule has 0 fully saturated rings. The van der Waals surface area contributed by atoms with E-state index in [1.165, 1.54) is 0 Å². The molecule has 0 bridgehead atoms. The highest BCUT2D eigenvalue weighted by Gasteiger charge is 2.41. The van der Waals surface area contributed by atoms with Gasteiger partial charge in [-0.05, 0) is 35.9 Å². The lowest BCUT2D eigenvalue weighted by Crippen LogP contribution is -2.36. The summed E-state index contributed by atoms with van der Waals surface area (Å²) in [7, 11) is 0. The van der Waals surface area contributed by atoms with Crippen molar-refractivity contribution in [2.75, 3.05) is 0 Å². The van der Waals surface area contributed by atoms with Gasteiger partial charge in [-0.2, -0.15) is 0 Å². The molecule has 1 aliphatic carbocycles. The Morgan fingerprint density at radius 2 is 2.00 bits per heavy atom. The summed E-state index contributed by atoms with van der Waals surface area (Å²) in [5, 5.41) is 0. The molecule has 0 saturated carbocycles. The smallest absolute Gasteiger partial charge is 0.174 e. The largest absolute Gasteiger partial charge is 0.302 e. The van der Waals surface area contributed by atoms with Crippen molar-refractivity contribution in [3.63, 3.8) is 0 Å². The predicted molar refractivity (Wildman–Crippen MR) is 59.7 cm³/mol. The molecule has 72 valence electrons. The van der Waals surface area contributed by atoms with Crippen LogP contribution in [-0.4, -0.2) is 12.1 Å². The van der Waals surface area contributed by atoms with Gasteiger partial charge < -0.3 is 4.79 Å². The summed E-state index contributed by atoms with van der Waals surface area (Å²) in [6, 6.07) is 0. The normalized spacial score (nSPS) is 32.6. The number of hydrogen-bond acceptors (Lipinski definition) is 2. The molecule has 0 N–H and O–H groups in total. The van der Waals surface area contributed by atoms with Gasteiger partial charge in [0.15, 0.2) is 5.78 Å². The van der Waals surface area contributed by atoms with Crippen LogP contribution in [0.1, 0.15) is 27.2 Å². The van der Waals surface area contributed by atoms with Crippen molar-refractivity contribution >= 4 is 34.7 Å². The molecule has 13 heavy (non-hydrogen) atoms. The Balaban J connectivity index is 3.15. The minimum atomic E-state index is -0.464.